The van der Waals surface area contributed by atoms with Crippen molar-refractivity contribution in [2.45, 2.75) is 31.8 Å². The number of nitrogens with zero attached hydrogens (tertiary/aromatic N) is 2. The molecular formula is C19H23ClN2O3. The lowest BCUT2D eigenvalue weighted by atomic mass is 9.99. The van der Waals surface area contributed by atoms with Crippen molar-refractivity contribution in [3.05, 3.63) is 29.3 Å². The lowest BCUT2D eigenvalue weighted by Crippen LogP contribution is -2.40. The van der Waals surface area contributed by atoms with Gasteiger partial charge in [0.1, 0.15) is 11.9 Å². The highest BCUT2D eigenvalue weighted by atomic mass is 35.5. The minimum atomic E-state index is 0.0705. The van der Waals surface area contributed by atoms with Crippen molar-refractivity contribution in [2.24, 2.45) is 11.8 Å². The van der Waals surface area contributed by atoms with Gasteiger partial charge in [-0.1, -0.05) is 23.7 Å². The fourth-order valence-electron chi connectivity index (χ4n) is 4.40. The summed E-state index contributed by atoms with van der Waals surface area (Å²) < 4.78 is 6.16. The maximum Gasteiger partial charge on any atom is 0.242 e. The molecule has 0 spiro atoms. The zero-order chi connectivity index (χ0) is 17.4. The van der Waals surface area contributed by atoms with Crippen LogP contribution in [0.2, 0.25) is 5.02 Å². The quantitative estimate of drug-likeness (QED) is 0.827. The Labute approximate surface area is 152 Å². The first-order valence-corrected chi connectivity index (χ1v) is 9.46. The summed E-state index contributed by atoms with van der Waals surface area (Å²) in [5, 5.41) is 0.629. The van der Waals surface area contributed by atoms with Crippen LogP contribution in [-0.4, -0.2) is 53.9 Å². The van der Waals surface area contributed by atoms with Crippen molar-refractivity contribution in [1.29, 1.82) is 0 Å². The molecule has 0 unspecified atom stereocenters. The van der Waals surface area contributed by atoms with Gasteiger partial charge in [0.05, 0.1) is 11.6 Å². The number of likely N-dealkylation sites (tertiary alicyclic amines) is 2. The molecule has 5 nitrogen and oxygen atoms in total. The van der Waals surface area contributed by atoms with E-state index in [1.165, 1.54) is 0 Å². The van der Waals surface area contributed by atoms with Gasteiger partial charge in [-0.3, -0.25) is 9.59 Å². The van der Waals surface area contributed by atoms with Crippen LogP contribution < -0.4 is 4.74 Å². The number of hydrogen-bond acceptors (Lipinski definition) is 3. The van der Waals surface area contributed by atoms with Gasteiger partial charge in [0.15, 0.2) is 0 Å². The van der Waals surface area contributed by atoms with Crippen molar-refractivity contribution in [2.75, 3.05) is 26.2 Å². The summed E-state index contributed by atoms with van der Waals surface area (Å²) in [6.45, 7) is 2.45. The fourth-order valence-corrected chi connectivity index (χ4v) is 4.58. The molecule has 25 heavy (non-hydrogen) atoms. The van der Waals surface area contributed by atoms with Gasteiger partial charge >= 0.3 is 0 Å². The lowest BCUT2D eigenvalue weighted by Gasteiger charge is -2.24. The lowest BCUT2D eigenvalue weighted by molar-refractivity contribution is -0.137. The number of ether oxygens (including phenoxy) is 1. The summed E-state index contributed by atoms with van der Waals surface area (Å²) in [5.41, 5.74) is 0. The second kappa shape index (κ2) is 6.87. The highest BCUT2D eigenvalue weighted by Gasteiger charge is 2.45. The molecule has 0 aromatic heterocycles. The van der Waals surface area contributed by atoms with Gasteiger partial charge in [0, 0.05) is 32.0 Å². The number of amides is 2. The van der Waals surface area contributed by atoms with E-state index in [9.17, 15) is 9.59 Å². The van der Waals surface area contributed by atoms with Gasteiger partial charge in [0.2, 0.25) is 11.8 Å². The SMILES string of the molecule is O=C1CCCN1CC(=O)N1C[C@@H]2CC[C@H](Oc3ccccc3Cl)[C@@H]2C1. The molecule has 3 aliphatic rings. The average molecular weight is 363 g/mol. The molecule has 0 N–H and O–H groups in total. The molecule has 1 aromatic carbocycles. The molecule has 1 aromatic rings. The van der Waals surface area contributed by atoms with E-state index in [4.69, 9.17) is 16.3 Å². The Morgan fingerprint density at radius 2 is 2.08 bits per heavy atom. The first-order valence-electron chi connectivity index (χ1n) is 9.08. The predicted molar refractivity (Wildman–Crippen MR) is 94.5 cm³/mol. The van der Waals surface area contributed by atoms with Crippen LogP contribution in [0.3, 0.4) is 0 Å². The van der Waals surface area contributed by atoms with Crippen molar-refractivity contribution in [3.63, 3.8) is 0 Å². The van der Waals surface area contributed by atoms with E-state index in [1.54, 1.807) is 4.90 Å². The predicted octanol–water partition coefficient (Wildman–Crippen LogP) is 2.58. The number of rotatable bonds is 4. The third-order valence-corrected chi connectivity index (χ3v) is 6.07. The van der Waals surface area contributed by atoms with Gasteiger partial charge in [-0.2, -0.15) is 0 Å². The summed E-state index contributed by atoms with van der Waals surface area (Å²) in [4.78, 5) is 27.9. The van der Waals surface area contributed by atoms with E-state index in [0.29, 0.717) is 29.8 Å². The minimum absolute atomic E-state index is 0.0705. The van der Waals surface area contributed by atoms with Crippen LogP contribution in [0.1, 0.15) is 25.7 Å². The average Bonchev–Trinajstić information content (AvgIpc) is 3.28. The van der Waals surface area contributed by atoms with Crippen molar-refractivity contribution < 1.29 is 14.3 Å². The molecule has 3 atom stereocenters. The van der Waals surface area contributed by atoms with Gasteiger partial charge in [0.25, 0.3) is 0 Å². The van der Waals surface area contributed by atoms with Crippen molar-refractivity contribution in [3.8, 4) is 5.75 Å². The first-order chi connectivity index (χ1) is 12.1. The summed E-state index contributed by atoms with van der Waals surface area (Å²) in [7, 11) is 0. The smallest absolute Gasteiger partial charge is 0.242 e. The molecule has 1 saturated carbocycles. The van der Waals surface area contributed by atoms with Crippen LogP contribution in [0.15, 0.2) is 24.3 Å². The third-order valence-electron chi connectivity index (χ3n) is 5.76. The normalized spacial score (nSPS) is 28.5. The maximum absolute atomic E-state index is 12.6. The van der Waals surface area contributed by atoms with Gasteiger partial charge in [-0.15, -0.1) is 0 Å². The Morgan fingerprint density at radius 1 is 1.24 bits per heavy atom. The number of carbonyl (C=O) groups is 2. The van der Waals surface area contributed by atoms with Gasteiger partial charge in [-0.05, 0) is 37.3 Å². The Bertz CT molecular complexity index is 680. The zero-order valence-corrected chi connectivity index (χ0v) is 15.0. The van der Waals surface area contributed by atoms with Crippen LogP contribution >= 0.6 is 11.6 Å². The summed E-state index contributed by atoms with van der Waals surface area (Å²) in [5.74, 6) is 1.75. The van der Waals surface area contributed by atoms with Crippen LogP contribution in [0.25, 0.3) is 0 Å². The second-order valence-electron chi connectivity index (χ2n) is 7.31. The topological polar surface area (TPSA) is 49.9 Å². The number of para-hydroxylation sites is 1. The minimum Gasteiger partial charge on any atom is -0.489 e. The van der Waals surface area contributed by atoms with E-state index in [0.717, 1.165) is 38.1 Å². The molecule has 134 valence electrons. The van der Waals surface area contributed by atoms with Gasteiger partial charge < -0.3 is 14.5 Å². The summed E-state index contributed by atoms with van der Waals surface area (Å²) >= 11 is 6.21. The van der Waals surface area contributed by atoms with Crippen LogP contribution in [0, 0.1) is 11.8 Å². The highest BCUT2D eigenvalue weighted by molar-refractivity contribution is 6.32. The van der Waals surface area contributed by atoms with Crippen molar-refractivity contribution in [1.82, 2.24) is 9.80 Å². The molecule has 2 aliphatic heterocycles. The number of hydrogen-bond donors (Lipinski definition) is 0. The van der Waals surface area contributed by atoms with E-state index in [1.807, 2.05) is 29.2 Å². The van der Waals surface area contributed by atoms with Crippen LogP contribution in [-0.2, 0) is 9.59 Å². The Morgan fingerprint density at radius 3 is 2.84 bits per heavy atom. The second-order valence-corrected chi connectivity index (χ2v) is 7.71. The highest BCUT2D eigenvalue weighted by Crippen LogP contribution is 2.41. The number of benzene rings is 1. The number of fused-ring (bicyclic) bond motifs is 1. The molecule has 0 bridgehead atoms. The van der Waals surface area contributed by atoms with Crippen molar-refractivity contribution >= 4 is 23.4 Å². The molecule has 3 fully saturated rings. The summed E-state index contributed by atoms with van der Waals surface area (Å²) in [6.07, 6.45) is 3.63. The molecule has 1 aliphatic carbocycles. The van der Waals surface area contributed by atoms with E-state index in [2.05, 4.69) is 0 Å². The molecule has 4 rings (SSSR count). The van der Waals surface area contributed by atoms with Crippen LogP contribution in [0.4, 0.5) is 0 Å². The molecule has 2 amide bonds. The first kappa shape index (κ1) is 16.7. The van der Waals surface area contributed by atoms with Crippen LogP contribution in [0.5, 0.6) is 5.75 Å². The molecule has 6 heteroatoms. The number of halogens is 1. The number of carbonyl (C=O) groups excluding carboxylic acids is 2. The Hall–Kier alpha value is -1.75. The monoisotopic (exact) mass is 362 g/mol. The van der Waals surface area contributed by atoms with E-state index in [-0.39, 0.29) is 24.5 Å². The van der Waals surface area contributed by atoms with E-state index < -0.39 is 0 Å². The maximum atomic E-state index is 12.6. The zero-order valence-electron chi connectivity index (χ0n) is 14.2. The van der Waals surface area contributed by atoms with Gasteiger partial charge in [-0.25, -0.2) is 0 Å². The largest absolute Gasteiger partial charge is 0.489 e. The molecule has 2 heterocycles. The Kier molecular flexibility index (Phi) is 4.59. The Balaban J connectivity index is 1.37. The summed E-state index contributed by atoms with van der Waals surface area (Å²) in [6, 6.07) is 7.54. The molecular weight excluding hydrogens is 340 g/mol. The standard InChI is InChI=1S/C19H23ClN2O3/c20-15-4-1-2-5-17(15)25-16-8-7-13-10-22(11-14(13)16)19(24)12-21-9-3-6-18(21)23/h1-2,4-5,13-14,16H,3,6-12H2/t13-,14+,16-/m0/s1. The fraction of sp³-hybridized carbons (Fsp3) is 0.579. The molecule has 0 radical (unpaired) electrons. The third kappa shape index (κ3) is 3.34. The van der Waals surface area contributed by atoms with E-state index >= 15 is 0 Å². The molecule has 2 saturated heterocycles.